The number of pyridine rings is 1. The van der Waals surface area contributed by atoms with E-state index in [1.807, 2.05) is 6.07 Å². The van der Waals surface area contributed by atoms with Crippen LogP contribution < -0.4 is 14.4 Å². The molecular formula is C23H24N4O5S. The van der Waals surface area contributed by atoms with Gasteiger partial charge in [-0.3, -0.25) is 0 Å². The van der Waals surface area contributed by atoms with E-state index in [1.165, 1.54) is 11.3 Å². The van der Waals surface area contributed by atoms with Crippen LogP contribution >= 0.6 is 11.3 Å². The number of aliphatic hydroxyl groups excluding tert-OH is 1. The second-order valence-electron chi connectivity index (χ2n) is 7.94. The zero-order chi connectivity index (χ0) is 22.9. The number of hydrogen-bond donors (Lipinski definition) is 1. The highest BCUT2D eigenvalue weighted by atomic mass is 32.1. The Bertz CT molecular complexity index is 1220. The third-order valence-electron chi connectivity index (χ3n) is 5.95. The Morgan fingerprint density at radius 1 is 1.12 bits per heavy atom. The van der Waals surface area contributed by atoms with E-state index < -0.39 is 11.9 Å². The molecule has 0 aliphatic carbocycles. The fourth-order valence-corrected chi connectivity index (χ4v) is 5.14. The van der Waals surface area contributed by atoms with Gasteiger partial charge in [0.25, 0.3) is 0 Å². The molecule has 172 valence electrons. The van der Waals surface area contributed by atoms with Crippen LogP contribution in [0, 0.1) is 0 Å². The number of aromatic nitrogens is 2. The third kappa shape index (κ3) is 4.05. The zero-order valence-electron chi connectivity index (χ0n) is 18.2. The summed E-state index contributed by atoms with van der Waals surface area (Å²) in [7, 11) is 0. The molecule has 3 aromatic rings. The van der Waals surface area contributed by atoms with Gasteiger partial charge < -0.3 is 24.4 Å². The maximum Gasteiger partial charge on any atom is 0.423 e. The minimum Gasteiger partial charge on any atom is -0.417 e. The molecule has 0 saturated carbocycles. The average Bonchev–Trinajstić information content (AvgIpc) is 3.26. The summed E-state index contributed by atoms with van der Waals surface area (Å²) in [6, 6.07) is 5.36. The molecule has 1 saturated heterocycles. The van der Waals surface area contributed by atoms with E-state index >= 15 is 0 Å². The lowest BCUT2D eigenvalue weighted by Crippen LogP contribution is -2.46. The van der Waals surface area contributed by atoms with E-state index in [0.717, 1.165) is 53.8 Å². The van der Waals surface area contributed by atoms with Gasteiger partial charge in [0.05, 0.1) is 15.3 Å². The number of likely N-dealkylation sites (N-methyl/N-ethyl adjacent to an activating group) is 1. The van der Waals surface area contributed by atoms with Gasteiger partial charge in [-0.25, -0.2) is 19.6 Å². The monoisotopic (exact) mass is 468 g/mol. The Morgan fingerprint density at radius 3 is 2.67 bits per heavy atom. The van der Waals surface area contributed by atoms with Gasteiger partial charge in [-0.05, 0) is 19.0 Å². The largest absolute Gasteiger partial charge is 0.423 e. The highest BCUT2D eigenvalue weighted by Crippen LogP contribution is 2.46. The number of nitrogens with zero attached hydrogens (tertiary/aromatic N) is 4. The lowest BCUT2D eigenvalue weighted by Gasteiger charge is -2.35. The van der Waals surface area contributed by atoms with Gasteiger partial charge in [-0.2, -0.15) is 0 Å². The van der Waals surface area contributed by atoms with Crippen molar-refractivity contribution in [1.29, 1.82) is 0 Å². The normalized spacial score (nSPS) is 16.6. The van der Waals surface area contributed by atoms with Crippen LogP contribution in [0.25, 0.3) is 21.3 Å². The predicted octanol–water partition coefficient (Wildman–Crippen LogP) is 2.25. The molecule has 33 heavy (non-hydrogen) atoms. The highest BCUT2D eigenvalue weighted by molar-refractivity contribution is 7.15. The van der Waals surface area contributed by atoms with Crippen LogP contribution in [-0.4, -0.2) is 71.2 Å². The molecule has 0 radical (unpaired) electrons. The van der Waals surface area contributed by atoms with E-state index in [-0.39, 0.29) is 18.1 Å². The quantitative estimate of drug-likeness (QED) is 0.331. The summed E-state index contributed by atoms with van der Waals surface area (Å²) in [5.41, 5.74) is 0.460. The molecule has 2 aliphatic rings. The molecule has 1 fully saturated rings. The predicted molar refractivity (Wildman–Crippen MR) is 124 cm³/mol. The smallest absolute Gasteiger partial charge is 0.417 e. The summed E-state index contributed by atoms with van der Waals surface area (Å²) in [5.74, 6) is -0.883. The number of hydrogen-bond acceptors (Lipinski definition) is 10. The number of aliphatic hydroxyl groups is 1. The number of ether oxygens (including phenoxy) is 2. The fraction of sp³-hybridized carbons (Fsp3) is 0.391. The first-order valence-corrected chi connectivity index (χ1v) is 11.8. The first kappa shape index (κ1) is 21.7. The summed E-state index contributed by atoms with van der Waals surface area (Å²) >= 11 is 1.43. The van der Waals surface area contributed by atoms with Crippen LogP contribution in [0.1, 0.15) is 18.4 Å². The van der Waals surface area contributed by atoms with Crippen molar-refractivity contribution < 1.29 is 24.2 Å². The molecule has 1 N–H and O–H groups in total. The molecule has 0 spiro atoms. The first-order valence-electron chi connectivity index (χ1n) is 11.0. The van der Waals surface area contributed by atoms with Crippen LogP contribution in [0.5, 0.6) is 11.5 Å². The number of anilines is 1. The van der Waals surface area contributed by atoms with Gasteiger partial charge in [0.2, 0.25) is 0 Å². The van der Waals surface area contributed by atoms with Crippen molar-refractivity contribution in [2.75, 3.05) is 44.2 Å². The van der Waals surface area contributed by atoms with E-state index in [9.17, 15) is 9.59 Å². The number of esters is 2. The second-order valence-corrected chi connectivity index (χ2v) is 9.05. The minimum atomic E-state index is -1.08. The van der Waals surface area contributed by atoms with Crippen molar-refractivity contribution in [1.82, 2.24) is 14.9 Å². The molecule has 0 unspecified atom stereocenters. The summed E-state index contributed by atoms with van der Waals surface area (Å²) in [6.07, 6.45) is 2.95. The minimum absolute atomic E-state index is 0.0860. The topological polar surface area (TPSA) is 105 Å². The van der Waals surface area contributed by atoms with Gasteiger partial charge in [-0.1, -0.05) is 19.1 Å². The number of benzene rings is 1. The highest BCUT2D eigenvalue weighted by Gasteiger charge is 2.32. The summed E-state index contributed by atoms with van der Waals surface area (Å²) < 4.78 is 10.9. The second kappa shape index (κ2) is 9.05. The van der Waals surface area contributed by atoms with E-state index in [4.69, 9.17) is 19.6 Å². The van der Waals surface area contributed by atoms with E-state index in [1.54, 1.807) is 18.3 Å². The summed E-state index contributed by atoms with van der Waals surface area (Å²) in [6.45, 7) is 6.70. The Labute approximate surface area is 194 Å². The molecule has 1 aromatic carbocycles. The van der Waals surface area contributed by atoms with Crippen LogP contribution in [0.4, 0.5) is 5.82 Å². The molecule has 0 amide bonds. The van der Waals surface area contributed by atoms with Crippen LogP contribution in [0.15, 0.2) is 24.4 Å². The molecule has 2 aromatic heterocycles. The summed E-state index contributed by atoms with van der Waals surface area (Å²) in [5, 5.41) is 11.3. The SMILES string of the molecule is CCN1CCN(c2nc(-c3cnc(CCCO)s3)c3c4c(cccc24)OC(=O)C(=O)O3)CC1. The number of aryl methyl sites for hydroxylation is 1. The zero-order valence-corrected chi connectivity index (χ0v) is 19.1. The molecule has 2 aliphatic heterocycles. The van der Waals surface area contributed by atoms with Crippen LogP contribution in [0.2, 0.25) is 0 Å². The Balaban J connectivity index is 1.69. The molecule has 10 heteroatoms. The van der Waals surface area contributed by atoms with Gasteiger partial charge >= 0.3 is 11.9 Å². The first-order chi connectivity index (χ1) is 16.1. The van der Waals surface area contributed by atoms with Gasteiger partial charge in [0, 0.05) is 50.8 Å². The lowest BCUT2D eigenvalue weighted by molar-refractivity contribution is -0.155. The van der Waals surface area contributed by atoms with E-state index in [0.29, 0.717) is 23.9 Å². The van der Waals surface area contributed by atoms with Gasteiger partial charge in [0.1, 0.15) is 17.3 Å². The number of rotatable bonds is 6. The van der Waals surface area contributed by atoms with Crippen molar-refractivity contribution in [2.45, 2.75) is 19.8 Å². The van der Waals surface area contributed by atoms with E-state index in [2.05, 4.69) is 21.7 Å². The van der Waals surface area contributed by atoms with Gasteiger partial charge in [0.15, 0.2) is 5.75 Å². The average molecular weight is 469 g/mol. The maximum atomic E-state index is 12.3. The third-order valence-corrected chi connectivity index (χ3v) is 7.01. The van der Waals surface area contributed by atoms with Crippen molar-refractivity contribution in [3.8, 4) is 22.1 Å². The molecular weight excluding hydrogens is 444 g/mol. The van der Waals surface area contributed by atoms with Crippen molar-refractivity contribution in [3.63, 3.8) is 0 Å². The Morgan fingerprint density at radius 2 is 1.91 bits per heavy atom. The maximum absolute atomic E-state index is 12.3. The van der Waals surface area contributed by atoms with Crippen molar-refractivity contribution in [2.24, 2.45) is 0 Å². The molecule has 0 bridgehead atoms. The molecule has 9 nitrogen and oxygen atoms in total. The van der Waals surface area contributed by atoms with Crippen molar-refractivity contribution >= 4 is 39.9 Å². The summed E-state index contributed by atoms with van der Waals surface area (Å²) in [4.78, 5) is 39.3. The fourth-order valence-electron chi connectivity index (χ4n) is 4.20. The Hall–Kier alpha value is -3.08. The lowest BCUT2D eigenvalue weighted by atomic mass is 10.1. The standard InChI is InChI=1S/C23H24N4O5S/c1-2-26-8-10-27(11-9-26)21-14-5-3-6-15-18(14)20(32-23(30)22(29)31-15)19(25-21)16-13-24-17(33-16)7-4-12-28/h3,5-6,13,28H,2,4,7-12H2,1H3. The number of piperazine rings is 1. The van der Waals surface area contributed by atoms with Gasteiger partial charge in [-0.15, -0.1) is 11.3 Å². The molecule has 4 heterocycles. The Kier molecular flexibility index (Phi) is 5.96. The number of thiazole rings is 1. The van der Waals surface area contributed by atoms with Crippen LogP contribution in [0.3, 0.4) is 0 Å². The van der Waals surface area contributed by atoms with Crippen molar-refractivity contribution in [3.05, 3.63) is 29.4 Å². The van der Waals surface area contributed by atoms with Crippen LogP contribution in [-0.2, 0) is 16.0 Å². The number of carbonyl (C=O) groups excluding carboxylic acids is 2. The molecule has 0 atom stereocenters. The number of carbonyl (C=O) groups is 2. The molecule has 5 rings (SSSR count).